The second-order valence-electron chi connectivity index (χ2n) is 5.72. The Morgan fingerprint density at radius 2 is 1.04 bits per heavy atom. The van der Waals surface area contributed by atoms with Crippen LogP contribution in [-0.4, -0.2) is 48.4 Å². The maximum Gasteiger partial charge on any atom is 0.119 e. The minimum Gasteiger partial charge on any atom is -0.494 e. The summed E-state index contributed by atoms with van der Waals surface area (Å²) >= 11 is 0. The van der Waals surface area contributed by atoms with E-state index in [1.54, 1.807) is 0 Å². The topological polar surface area (TPSA) is 79.2 Å². The van der Waals surface area contributed by atoms with Gasteiger partial charge in [-0.2, -0.15) is 0 Å². The molecule has 0 atom stereocenters. The first-order valence-corrected chi connectivity index (χ1v) is 8.56. The van der Waals surface area contributed by atoms with Gasteiger partial charge in [0.1, 0.15) is 11.5 Å². The highest BCUT2D eigenvalue weighted by Crippen LogP contribution is 2.27. The van der Waals surface area contributed by atoms with E-state index in [0.717, 1.165) is 22.6 Å². The molecule has 0 unspecified atom stereocenters. The third-order valence-electron chi connectivity index (χ3n) is 3.89. The number of aliphatic hydroxyl groups is 3. The van der Waals surface area contributed by atoms with Crippen molar-refractivity contribution < 1.29 is 24.8 Å². The average Bonchev–Trinajstić information content (AvgIpc) is 2.65. The molecule has 0 amide bonds. The van der Waals surface area contributed by atoms with Crippen LogP contribution in [0.25, 0.3) is 0 Å². The van der Waals surface area contributed by atoms with Gasteiger partial charge in [0.25, 0.3) is 0 Å². The highest BCUT2D eigenvalue weighted by molar-refractivity contribution is 5.38. The van der Waals surface area contributed by atoms with Crippen LogP contribution in [0.1, 0.15) is 29.9 Å². The molecule has 0 aliphatic rings. The van der Waals surface area contributed by atoms with Gasteiger partial charge in [-0.25, -0.2) is 0 Å². The van der Waals surface area contributed by atoms with Crippen molar-refractivity contribution >= 4 is 0 Å². The Labute approximate surface area is 148 Å². The van der Waals surface area contributed by atoms with Gasteiger partial charge >= 0.3 is 0 Å². The van der Waals surface area contributed by atoms with Gasteiger partial charge in [0.05, 0.1) is 19.8 Å². The molecule has 5 heteroatoms. The molecule has 0 fully saturated rings. The second-order valence-corrected chi connectivity index (χ2v) is 5.72. The largest absolute Gasteiger partial charge is 0.494 e. The predicted octanol–water partition coefficient (Wildman–Crippen LogP) is 2.33. The van der Waals surface area contributed by atoms with Crippen LogP contribution in [0.5, 0.6) is 11.5 Å². The smallest absolute Gasteiger partial charge is 0.119 e. The van der Waals surface area contributed by atoms with Crippen LogP contribution in [0.3, 0.4) is 0 Å². The number of aliphatic hydroxyl groups excluding tert-OH is 3. The van der Waals surface area contributed by atoms with E-state index in [2.05, 4.69) is 0 Å². The first-order valence-electron chi connectivity index (χ1n) is 8.56. The Morgan fingerprint density at radius 1 is 0.640 bits per heavy atom. The number of hydrogen-bond donors (Lipinski definition) is 3. The lowest BCUT2D eigenvalue weighted by molar-refractivity contribution is 0.233. The minimum atomic E-state index is -0.113. The van der Waals surface area contributed by atoms with Crippen molar-refractivity contribution in [3.05, 3.63) is 59.7 Å². The summed E-state index contributed by atoms with van der Waals surface area (Å²) in [7, 11) is 0. The fourth-order valence-electron chi connectivity index (χ4n) is 2.51. The number of hydrogen-bond acceptors (Lipinski definition) is 5. The van der Waals surface area contributed by atoms with Crippen LogP contribution < -0.4 is 9.47 Å². The Morgan fingerprint density at radius 3 is 1.36 bits per heavy atom. The van der Waals surface area contributed by atoms with Crippen molar-refractivity contribution in [3.8, 4) is 11.5 Å². The highest BCUT2D eigenvalue weighted by Gasteiger charge is 2.13. The van der Waals surface area contributed by atoms with Crippen LogP contribution in [0.15, 0.2) is 48.5 Å². The summed E-state index contributed by atoms with van der Waals surface area (Å²) in [5, 5.41) is 27.3. The van der Waals surface area contributed by atoms with E-state index in [1.165, 1.54) is 0 Å². The number of benzene rings is 2. The molecule has 3 N–H and O–H groups in total. The minimum absolute atomic E-state index is 0.00936. The van der Waals surface area contributed by atoms with E-state index in [4.69, 9.17) is 19.7 Å². The Bertz CT molecular complexity index is 541. The van der Waals surface area contributed by atoms with Crippen LogP contribution in [-0.2, 0) is 0 Å². The molecule has 136 valence electrons. The lowest BCUT2D eigenvalue weighted by Crippen LogP contribution is -2.07. The molecule has 2 rings (SSSR count). The summed E-state index contributed by atoms with van der Waals surface area (Å²) in [5.74, 6) is 1.39. The van der Waals surface area contributed by atoms with E-state index in [9.17, 15) is 5.11 Å². The maximum atomic E-state index is 9.80. The Kier molecular flexibility index (Phi) is 8.25. The second kappa shape index (κ2) is 10.7. The van der Waals surface area contributed by atoms with Crippen molar-refractivity contribution in [2.24, 2.45) is 0 Å². The number of rotatable bonds is 11. The highest BCUT2D eigenvalue weighted by atomic mass is 16.5. The predicted molar refractivity (Wildman–Crippen MR) is 96.2 cm³/mol. The fraction of sp³-hybridized carbons (Fsp3) is 0.400. The molecule has 0 aliphatic heterocycles. The van der Waals surface area contributed by atoms with Crippen LogP contribution in [0.4, 0.5) is 0 Å². The van der Waals surface area contributed by atoms with Crippen molar-refractivity contribution in [1.82, 2.24) is 0 Å². The standard InChI is InChI=1S/C20H26O5/c21-11-1-13-24-18-7-3-16(4-8-18)20(15-23)17-5-9-19(10-6-17)25-14-2-12-22/h3-10,20-23H,1-2,11-15H2. The van der Waals surface area contributed by atoms with Crippen molar-refractivity contribution in [2.45, 2.75) is 18.8 Å². The molecule has 0 saturated heterocycles. The van der Waals surface area contributed by atoms with Gasteiger partial charge in [-0.05, 0) is 35.4 Å². The van der Waals surface area contributed by atoms with Crippen LogP contribution in [0, 0.1) is 0 Å². The van der Waals surface area contributed by atoms with Gasteiger partial charge in [-0.3, -0.25) is 0 Å². The summed E-state index contributed by atoms with van der Waals surface area (Å²) in [6, 6.07) is 15.3. The van der Waals surface area contributed by atoms with Gasteiger partial charge in [0.2, 0.25) is 0 Å². The average molecular weight is 346 g/mol. The lowest BCUT2D eigenvalue weighted by Gasteiger charge is -2.16. The molecule has 0 saturated carbocycles. The van der Waals surface area contributed by atoms with E-state index in [1.807, 2.05) is 48.5 Å². The zero-order valence-electron chi connectivity index (χ0n) is 14.3. The Balaban J connectivity index is 2.00. The monoisotopic (exact) mass is 346 g/mol. The molecule has 0 spiro atoms. The van der Waals surface area contributed by atoms with Crippen LogP contribution in [0.2, 0.25) is 0 Å². The van der Waals surface area contributed by atoms with Gasteiger partial charge < -0.3 is 24.8 Å². The molecule has 5 nitrogen and oxygen atoms in total. The van der Waals surface area contributed by atoms with E-state index >= 15 is 0 Å². The van der Waals surface area contributed by atoms with Crippen LogP contribution >= 0.6 is 0 Å². The van der Waals surface area contributed by atoms with Gasteiger partial charge in [0, 0.05) is 32.0 Å². The lowest BCUT2D eigenvalue weighted by atomic mass is 9.92. The molecule has 0 aromatic heterocycles. The molecule has 25 heavy (non-hydrogen) atoms. The van der Waals surface area contributed by atoms with E-state index in [0.29, 0.717) is 26.1 Å². The summed E-state index contributed by atoms with van der Waals surface area (Å²) < 4.78 is 11.1. The van der Waals surface area contributed by atoms with Crippen molar-refractivity contribution in [3.63, 3.8) is 0 Å². The zero-order chi connectivity index (χ0) is 17.9. The molecular weight excluding hydrogens is 320 g/mol. The van der Waals surface area contributed by atoms with Crippen molar-refractivity contribution in [1.29, 1.82) is 0 Å². The van der Waals surface area contributed by atoms with Gasteiger partial charge in [-0.15, -0.1) is 0 Å². The molecule has 0 radical (unpaired) electrons. The third-order valence-corrected chi connectivity index (χ3v) is 3.89. The van der Waals surface area contributed by atoms with Gasteiger partial charge in [-0.1, -0.05) is 24.3 Å². The maximum absolute atomic E-state index is 9.80. The third kappa shape index (κ3) is 6.05. The normalized spacial score (nSPS) is 10.9. The summed E-state index contributed by atoms with van der Waals surface area (Å²) in [5.41, 5.74) is 2.01. The summed E-state index contributed by atoms with van der Waals surface area (Å²) in [6.07, 6.45) is 1.21. The zero-order valence-corrected chi connectivity index (χ0v) is 14.3. The first kappa shape index (κ1) is 19.2. The van der Waals surface area contributed by atoms with Gasteiger partial charge in [0.15, 0.2) is 0 Å². The molecule has 0 aliphatic carbocycles. The summed E-state index contributed by atoms with van der Waals surface area (Å²) in [4.78, 5) is 0. The molecule has 0 heterocycles. The van der Waals surface area contributed by atoms with E-state index in [-0.39, 0.29) is 25.7 Å². The first-order chi connectivity index (χ1) is 12.3. The van der Waals surface area contributed by atoms with Crippen molar-refractivity contribution in [2.75, 3.05) is 33.0 Å². The quantitative estimate of drug-likeness (QED) is 0.544. The fourth-order valence-corrected chi connectivity index (χ4v) is 2.51. The molecular formula is C20H26O5. The summed E-state index contributed by atoms with van der Waals surface area (Å²) in [6.45, 7) is 1.21. The molecule has 2 aromatic rings. The van der Waals surface area contributed by atoms with E-state index < -0.39 is 0 Å². The SMILES string of the molecule is OCCCOc1ccc(C(CO)c2ccc(OCCCO)cc2)cc1. The molecule has 2 aromatic carbocycles. The Hall–Kier alpha value is -2.08. The number of ether oxygens (including phenoxy) is 2. The molecule has 0 bridgehead atoms.